The fourth-order valence-corrected chi connectivity index (χ4v) is 9.26. The number of unbranched alkanes of at least 4 members (excludes halogenated alkanes) is 29. The third-order valence-corrected chi connectivity index (χ3v) is 14.2. The highest BCUT2D eigenvalue weighted by Gasteiger charge is 2.19. The van der Waals surface area contributed by atoms with Crippen molar-refractivity contribution >= 4 is 17.9 Å². The SMILES string of the molecule is CC/C=C\C/C=C\C/C=C\C/C=C\C/C=C\C/C=C\C/C=C\CCCCCCCCCCCC(=O)OCC(COC(=O)CCCCC/C=C\C/C=C\C/C=C\CC)OC(=O)CCCCCCCCCCCCCCCCCCCC. The van der Waals surface area contributed by atoms with Gasteiger partial charge in [-0.25, -0.2) is 0 Å². The summed E-state index contributed by atoms with van der Waals surface area (Å²) in [7, 11) is 0. The summed E-state index contributed by atoms with van der Waals surface area (Å²) in [5, 5.41) is 0. The Morgan fingerprint density at radius 3 is 0.775 bits per heavy atom. The Balaban J connectivity index is 4.29. The van der Waals surface area contributed by atoms with Crippen molar-refractivity contribution in [2.45, 2.75) is 316 Å². The minimum Gasteiger partial charge on any atom is -0.462 e. The number of ether oxygens (including phenoxy) is 3. The van der Waals surface area contributed by atoms with Gasteiger partial charge in [0.25, 0.3) is 0 Å². The molecule has 0 fully saturated rings. The second-order valence-electron chi connectivity index (χ2n) is 22.0. The maximum Gasteiger partial charge on any atom is 0.306 e. The normalized spacial score (nSPS) is 12.9. The molecule has 0 aromatic rings. The van der Waals surface area contributed by atoms with Crippen molar-refractivity contribution in [3.63, 3.8) is 0 Å². The van der Waals surface area contributed by atoms with Gasteiger partial charge < -0.3 is 14.2 Å². The van der Waals surface area contributed by atoms with Crippen LogP contribution in [0.4, 0.5) is 0 Å². The van der Waals surface area contributed by atoms with Crippen LogP contribution in [-0.2, 0) is 28.6 Å². The van der Waals surface area contributed by atoms with Crippen LogP contribution < -0.4 is 0 Å². The van der Waals surface area contributed by atoms with Gasteiger partial charge in [-0.05, 0) is 109 Å². The van der Waals surface area contributed by atoms with E-state index in [0.717, 1.165) is 135 Å². The molecular formula is C74H124O6. The zero-order valence-corrected chi connectivity index (χ0v) is 52.3. The predicted molar refractivity (Wildman–Crippen MR) is 348 cm³/mol. The van der Waals surface area contributed by atoms with Crippen LogP contribution in [0.5, 0.6) is 0 Å². The van der Waals surface area contributed by atoms with Crippen LogP contribution in [0.25, 0.3) is 0 Å². The molecule has 0 aliphatic carbocycles. The number of esters is 3. The molecule has 0 aliphatic heterocycles. The maximum absolute atomic E-state index is 12.9. The Morgan fingerprint density at radius 1 is 0.263 bits per heavy atom. The van der Waals surface area contributed by atoms with Crippen molar-refractivity contribution in [3.05, 3.63) is 122 Å². The Labute approximate surface area is 494 Å². The second-order valence-corrected chi connectivity index (χ2v) is 22.0. The predicted octanol–water partition coefficient (Wildman–Crippen LogP) is 23.2. The van der Waals surface area contributed by atoms with Gasteiger partial charge in [-0.3, -0.25) is 14.4 Å². The molecule has 0 aromatic carbocycles. The molecule has 80 heavy (non-hydrogen) atoms. The van der Waals surface area contributed by atoms with Crippen LogP contribution in [0.2, 0.25) is 0 Å². The molecule has 0 rings (SSSR count). The van der Waals surface area contributed by atoms with Crippen molar-refractivity contribution in [1.29, 1.82) is 0 Å². The fourth-order valence-electron chi connectivity index (χ4n) is 9.26. The number of hydrogen-bond donors (Lipinski definition) is 0. The first-order valence-corrected chi connectivity index (χ1v) is 33.5. The minimum atomic E-state index is -0.794. The van der Waals surface area contributed by atoms with Crippen molar-refractivity contribution in [2.75, 3.05) is 13.2 Å². The fraction of sp³-hybridized carbons (Fsp3) is 0.689. The zero-order chi connectivity index (χ0) is 57.8. The molecule has 456 valence electrons. The molecule has 1 atom stereocenters. The smallest absolute Gasteiger partial charge is 0.306 e. The van der Waals surface area contributed by atoms with Crippen LogP contribution in [0.15, 0.2) is 122 Å². The Hall–Kier alpha value is -4.19. The highest BCUT2D eigenvalue weighted by atomic mass is 16.6. The van der Waals surface area contributed by atoms with E-state index in [0.29, 0.717) is 19.3 Å². The van der Waals surface area contributed by atoms with Gasteiger partial charge in [0.1, 0.15) is 13.2 Å². The standard InChI is InChI=1S/C74H124O6/c1-4-7-10-13-16-19-22-25-27-29-31-32-33-34-35-36-37-38-39-40-41-42-43-45-46-49-52-55-58-61-64-67-73(76)79-70-71(69-78-72(75)66-63-60-57-54-51-48-24-21-18-15-12-9-6-3)80-74(77)68-65-62-59-56-53-50-47-44-30-28-26-23-20-17-14-11-8-5-2/h7,9-10,12,16,18-19,21,25,27,31-32,34-35,37-38,40-41,48,51,71H,4-6,8,11,13-15,17,20,22-24,26,28-30,33,36,39,42-47,49-50,52-70H2,1-3H3/b10-7-,12-9-,19-16-,21-18-,27-25-,32-31-,35-34-,38-37-,41-40-,51-48-. The van der Waals surface area contributed by atoms with Crippen LogP contribution in [0.3, 0.4) is 0 Å². The van der Waals surface area contributed by atoms with Crippen molar-refractivity contribution in [2.24, 2.45) is 0 Å². The van der Waals surface area contributed by atoms with E-state index in [1.807, 2.05) is 0 Å². The first-order chi connectivity index (χ1) is 39.5. The third kappa shape index (κ3) is 64.6. The molecule has 6 heteroatoms. The molecule has 0 spiro atoms. The molecule has 0 heterocycles. The largest absolute Gasteiger partial charge is 0.462 e. The average Bonchev–Trinajstić information content (AvgIpc) is 3.46. The molecular weight excluding hydrogens is 985 g/mol. The first kappa shape index (κ1) is 75.8. The summed E-state index contributed by atoms with van der Waals surface area (Å²) in [4.78, 5) is 38.3. The number of rotatable bonds is 60. The quantitative estimate of drug-likeness (QED) is 0.0261. The van der Waals surface area contributed by atoms with Crippen LogP contribution >= 0.6 is 0 Å². The molecule has 0 N–H and O–H groups in total. The molecule has 0 saturated heterocycles. The summed E-state index contributed by atoms with van der Waals surface area (Å²) in [6, 6.07) is 0. The molecule has 0 saturated carbocycles. The topological polar surface area (TPSA) is 78.9 Å². The number of carbonyl (C=O) groups excluding carboxylic acids is 3. The molecule has 0 amide bonds. The molecule has 6 nitrogen and oxygen atoms in total. The van der Waals surface area contributed by atoms with E-state index in [1.54, 1.807) is 0 Å². The number of carbonyl (C=O) groups is 3. The van der Waals surface area contributed by atoms with E-state index < -0.39 is 6.10 Å². The molecule has 0 bridgehead atoms. The monoisotopic (exact) mass is 1110 g/mol. The molecule has 0 aromatic heterocycles. The van der Waals surface area contributed by atoms with Gasteiger partial charge in [-0.15, -0.1) is 0 Å². The summed E-state index contributed by atoms with van der Waals surface area (Å²) in [6.45, 7) is 6.41. The van der Waals surface area contributed by atoms with Gasteiger partial charge in [0, 0.05) is 19.3 Å². The Bertz CT molecular complexity index is 1650. The van der Waals surface area contributed by atoms with Crippen LogP contribution in [0, 0.1) is 0 Å². The maximum atomic E-state index is 12.9. The first-order valence-electron chi connectivity index (χ1n) is 33.5. The summed E-state index contributed by atoms with van der Waals surface area (Å²) in [5.74, 6) is -0.916. The van der Waals surface area contributed by atoms with E-state index in [2.05, 4.69) is 142 Å². The van der Waals surface area contributed by atoms with Gasteiger partial charge in [-0.1, -0.05) is 303 Å². The highest BCUT2D eigenvalue weighted by Crippen LogP contribution is 2.17. The van der Waals surface area contributed by atoms with Gasteiger partial charge in [0.05, 0.1) is 0 Å². The van der Waals surface area contributed by atoms with Gasteiger partial charge in [0.15, 0.2) is 6.10 Å². The summed E-state index contributed by atoms with van der Waals surface area (Å²) in [5.41, 5.74) is 0. The lowest BCUT2D eigenvalue weighted by Crippen LogP contribution is -2.30. The van der Waals surface area contributed by atoms with Crippen molar-refractivity contribution in [3.8, 4) is 0 Å². The lowest BCUT2D eigenvalue weighted by Gasteiger charge is -2.18. The van der Waals surface area contributed by atoms with E-state index >= 15 is 0 Å². The zero-order valence-electron chi connectivity index (χ0n) is 52.3. The number of hydrogen-bond acceptors (Lipinski definition) is 6. The third-order valence-electron chi connectivity index (χ3n) is 14.2. The average molecular weight is 1110 g/mol. The van der Waals surface area contributed by atoms with Crippen molar-refractivity contribution < 1.29 is 28.6 Å². The van der Waals surface area contributed by atoms with Crippen LogP contribution in [0.1, 0.15) is 310 Å². The lowest BCUT2D eigenvalue weighted by molar-refractivity contribution is -0.167. The lowest BCUT2D eigenvalue weighted by atomic mass is 10.0. The van der Waals surface area contributed by atoms with E-state index in [-0.39, 0.29) is 31.1 Å². The summed E-state index contributed by atoms with van der Waals surface area (Å²) in [6.07, 6.45) is 93.6. The Morgan fingerprint density at radius 2 is 0.487 bits per heavy atom. The molecule has 0 radical (unpaired) electrons. The summed E-state index contributed by atoms with van der Waals surface area (Å²) < 4.78 is 16.9. The second kappa shape index (κ2) is 67.3. The van der Waals surface area contributed by atoms with Gasteiger partial charge in [-0.2, -0.15) is 0 Å². The van der Waals surface area contributed by atoms with Crippen molar-refractivity contribution in [1.82, 2.24) is 0 Å². The van der Waals surface area contributed by atoms with Crippen LogP contribution in [-0.4, -0.2) is 37.2 Å². The van der Waals surface area contributed by atoms with Gasteiger partial charge in [0.2, 0.25) is 0 Å². The van der Waals surface area contributed by atoms with Gasteiger partial charge >= 0.3 is 17.9 Å². The summed E-state index contributed by atoms with van der Waals surface area (Å²) >= 11 is 0. The minimum absolute atomic E-state index is 0.0901. The van der Waals surface area contributed by atoms with E-state index in [4.69, 9.17) is 14.2 Å². The highest BCUT2D eigenvalue weighted by molar-refractivity contribution is 5.71. The molecule has 0 aliphatic rings. The number of allylic oxidation sites excluding steroid dienone is 20. The van der Waals surface area contributed by atoms with E-state index in [1.165, 1.54) is 135 Å². The molecule has 1 unspecified atom stereocenters. The van der Waals surface area contributed by atoms with E-state index in [9.17, 15) is 14.4 Å². The Kier molecular flexibility index (Phi) is 63.8.